The number of hydrogen-bond acceptors (Lipinski definition) is 6. The molecule has 0 bridgehead atoms. The number of pyridine rings is 1. The van der Waals surface area contributed by atoms with Gasteiger partial charge in [-0.25, -0.2) is 18.2 Å². The number of hydrogen-bond donors (Lipinski definition) is 3. The maximum Gasteiger partial charge on any atom is 0.287 e. The monoisotopic (exact) mass is 574 g/mol. The van der Waals surface area contributed by atoms with E-state index in [1.165, 1.54) is 25.4 Å². The average molecular weight is 575 g/mol. The number of nitrogens with zero attached hydrogens (tertiary/aromatic N) is 3. The summed E-state index contributed by atoms with van der Waals surface area (Å²) in [4.78, 5) is 28.6. The highest BCUT2D eigenvalue weighted by Gasteiger charge is 2.34. The third kappa shape index (κ3) is 5.12. The highest BCUT2D eigenvalue weighted by atomic mass is 19.3. The van der Waals surface area contributed by atoms with Gasteiger partial charge in [-0.2, -0.15) is 5.26 Å². The van der Waals surface area contributed by atoms with Gasteiger partial charge in [0.1, 0.15) is 17.6 Å². The van der Waals surface area contributed by atoms with E-state index in [-0.39, 0.29) is 29.1 Å². The van der Waals surface area contributed by atoms with Crippen molar-refractivity contribution in [3.05, 3.63) is 72.4 Å². The minimum absolute atomic E-state index is 0.00944. The van der Waals surface area contributed by atoms with Gasteiger partial charge in [-0.1, -0.05) is 24.8 Å². The van der Waals surface area contributed by atoms with E-state index >= 15 is 0 Å². The van der Waals surface area contributed by atoms with Crippen LogP contribution in [0.2, 0.25) is 0 Å². The van der Waals surface area contributed by atoms with Crippen molar-refractivity contribution >= 4 is 34.2 Å². The molecule has 1 saturated carbocycles. The molecule has 1 aliphatic carbocycles. The Morgan fingerprint density at radius 2 is 1.88 bits per heavy atom. The van der Waals surface area contributed by atoms with Gasteiger partial charge in [0, 0.05) is 23.5 Å². The van der Waals surface area contributed by atoms with E-state index < -0.39 is 18.6 Å². The Labute approximate surface area is 238 Å². The van der Waals surface area contributed by atoms with E-state index in [0.29, 0.717) is 39.0 Å². The second-order valence-electron chi connectivity index (χ2n) is 9.61. The number of carbonyl (C=O) groups is 2. The van der Waals surface area contributed by atoms with Crippen molar-refractivity contribution in [2.24, 2.45) is 0 Å². The molecule has 0 radical (unpaired) electrons. The van der Waals surface area contributed by atoms with Crippen molar-refractivity contribution in [2.75, 3.05) is 18.2 Å². The number of nitrogens with one attached hydrogen (secondary N) is 2. The molecule has 0 saturated heterocycles. The van der Waals surface area contributed by atoms with E-state index in [4.69, 9.17) is 10.5 Å². The van der Waals surface area contributed by atoms with E-state index in [0.717, 1.165) is 24.5 Å². The maximum atomic E-state index is 13.6. The number of nitrogens with two attached hydrogens (primary N) is 1. The van der Waals surface area contributed by atoms with Crippen LogP contribution in [0.4, 0.5) is 24.7 Å². The van der Waals surface area contributed by atoms with Crippen LogP contribution in [0.1, 0.15) is 34.8 Å². The van der Waals surface area contributed by atoms with Crippen LogP contribution in [-0.2, 0) is 4.79 Å². The van der Waals surface area contributed by atoms with Crippen LogP contribution in [0.25, 0.3) is 33.3 Å². The summed E-state index contributed by atoms with van der Waals surface area (Å²) in [6, 6.07) is 13.8. The summed E-state index contributed by atoms with van der Waals surface area (Å²) in [5, 5.41) is 14.8. The summed E-state index contributed by atoms with van der Waals surface area (Å²) in [5.41, 5.74) is 10.3. The maximum absolute atomic E-state index is 13.6. The number of halogens is 3. The van der Waals surface area contributed by atoms with Gasteiger partial charge in [-0.3, -0.25) is 9.59 Å². The van der Waals surface area contributed by atoms with Gasteiger partial charge in [0.25, 0.3) is 12.3 Å². The first-order valence-electron chi connectivity index (χ1n) is 12.9. The fourth-order valence-corrected chi connectivity index (χ4v) is 4.91. The molecule has 214 valence electrons. The highest BCUT2D eigenvalue weighted by molar-refractivity contribution is 6.11. The molecule has 12 heteroatoms. The third-order valence-corrected chi connectivity index (χ3v) is 6.92. The molecule has 2 aromatic heterocycles. The van der Waals surface area contributed by atoms with E-state index in [2.05, 4.69) is 27.5 Å². The molecule has 1 fully saturated rings. The zero-order chi connectivity index (χ0) is 30.1. The van der Waals surface area contributed by atoms with Gasteiger partial charge in [0.2, 0.25) is 12.2 Å². The number of nitriles is 1. The SMILES string of the molecule is C=CC(=O)Nc1ccc(-c2c(-c3ccc(C(=O)NC(F)C(F)F)c(OC)c3)c3c(N)ncc(C#N)c3n2C2CC2)cc1. The molecular formula is C30H25F3N6O3. The highest BCUT2D eigenvalue weighted by Crippen LogP contribution is 2.50. The quantitative estimate of drug-likeness (QED) is 0.176. The molecule has 1 unspecified atom stereocenters. The second kappa shape index (κ2) is 11.3. The van der Waals surface area contributed by atoms with Crippen molar-refractivity contribution < 1.29 is 27.5 Å². The number of amides is 2. The Bertz CT molecular complexity index is 1760. The lowest BCUT2D eigenvalue weighted by Gasteiger charge is -2.15. The molecule has 5 rings (SSSR count). The zero-order valence-corrected chi connectivity index (χ0v) is 22.3. The zero-order valence-electron chi connectivity index (χ0n) is 22.3. The number of rotatable bonds is 9. The lowest BCUT2D eigenvalue weighted by Crippen LogP contribution is -2.36. The minimum Gasteiger partial charge on any atom is -0.496 e. The predicted molar refractivity (Wildman–Crippen MR) is 152 cm³/mol. The Morgan fingerprint density at radius 3 is 2.48 bits per heavy atom. The molecule has 2 aromatic carbocycles. The molecule has 4 aromatic rings. The lowest BCUT2D eigenvalue weighted by atomic mass is 9.96. The topological polar surface area (TPSA) is 135 Å². The van der Waals surface area contributed by atoms with Crippen molar-refractivity contribution in [1.29, 1.82) is 5.26 Å². The summed E-state index contributed by atoms with van der Waals surface area (Å²) in [5.74, 6) is -1.25. The van der Waals surface area contributed by atoms with E-state index in [1.807, 2.05) is 12.1 Å². The van der Waals surface area contributed by atoms with Gasteiger partial charge < -0.3 is 25.7 Å². The summed E-state index contributed by atoms with van der Waals surface area (Å²) >= 11 is 0. The largest absolute Gasteiger partial charge is 0.496 e. The first-order chi connectivity index (χ1) is 20.2. The molecule has 0 spiro atoms. The number of carbonyl (C=O) groups excluding carboxylic acids is 2. The first-order valence-corrected chi connectivity index (χ1v) is 12.9. The number of benzene rings is 2. The number of methoxy groups -OCH3 is 1. The van der Waals surface area contributed by atoms with Crippen molar-refractivity contribution in [2.45, 2.75) is 31.6 Å². The fourth-order valence-electron chi connectivity index (χ4n) is 4.91. The summed E-state index contributed by atoms with van der Waals surface area (Å²) in [7, 11) is 1.30. The summed E-state index contributed by atoms with van der Waals surface area (Å²) in [6.07, 6.45) is -1.92. The van der Waals surface area contributed by atoms with Gasteiger partial charge in [-0.05, 0) is 54.3 Å². The lowest BCUT2D eigenvalue weighted by molar-refractivity contribution is -0.111. The third-order valence-electron chi connectivity index (χ3n) is 6.92. The standard InChI is InChI=1S/C30H25F3N6O3/c1-3-22(40)37-18-7-4-15(5-8-18)25-23(24-26(39(25)19-9-10-19)17(13-34)14-36-29(24)35)16-6-11-20(21(12-16)42-2)30(41)38-28(33)27(31)32/h3-8,11-12,14,19,27-28H,1,9-10H2,2H3,(H2,35,36)(H,37,40)(H,38,41). The Kier molecular flexibility index (Phi) is 7.58. The predicted octanol–water partition coefficient (Wildman–Crippen LogP) is 5.58. The number of aromatic nitrogens is 2. The van der Waals surface area contributed by atoms with Gasteiger partial charge in [-0.15, -0.1) is 0 Å². The van der Waals surface area contributed by atoms with Crippen LogP contribution in [0.3, 0.4) is 0 Å². The van der Waals surface area contributed by atoms with E-state index in [9.17, 15) is 28.0 Å². The molecule has 2 heterocycles. The molecule has 4 N–H and O–H groups in total. The van der Waals surface area contributed by atoms with E-state index in [1.54, 1.807) is 23.5 Å². The van der Waals surface area contributed by atoms with Gasteiger partial charge in [0.15, 0.2) is 0 Å². The first kappa shape index (κ1) is 28.2. The molecule has 1 aliphatic rings. The van der Waals surface area contributed by atoms with Crippen LogP contribution in [0.15, 0.2) is 61.3 Å². The number of anilines is 2. The normalized spacial score (nSPS) is 13.4. The molecule has 9 nitrogen and oxygen atoms in total. The number of alkyl halides is 3. The fraction of sp³-hybridized carbons (Fsp3) is 0.200. The Morgan fingerprint density at radius 1 is 1.19 bits per heavy atom. The molecule has 42 heavy (non-hydrogen) atoms. The Balaban J connectivity index is 1.75. The molecule has 1 atom stereocenters. The van der Waals surface area contributed by atoms with Crippen molar-refractivity contribution in [3.63, 3.8) is 0 Å². The number of fused-ring (bicyclic) bond motifs is 1. The van der Waals surface area contributed by atoms with Crippen molar-refractivity contribution in [3.8, 4) is 34.2 Å². The van der Waals surface area contributed by atoms with Gasteiger partial charge >= 0.3 is 0 Å². The smallest absolute Gasteiger partial charge is 0.287 e. The van der Waals surface area contributed by atoms with Crippen LogP contribution >= 0.6 is 0 Å². The van der Waals surface area contributed by atoms with Crippen LogP contribution in [0, 0.1) is 11.3 Å². The minimum atomic E-state index is -3.39. The van der Waals surface area contributed by atoms with Gasteiger partial charge in [0.05, 0.1) is 34.8 Å². The second-order valence-corrected chi connectivity index (χ2v) is 9.61. The molecular weight excluding hydrogens is 549 g/mol. The number of ether oxygens (including phenoxy) is 1. The summed E-state index contributed by atoms with van der Waals surface area (Å²) < 4.78 is 46.5. The summed E-state index contributed by atoms with van der Waals surface area (Å²) in [6.45, 7) is 3.46. The van der Waals surface area contributed by atoms with Crippen LogP contribution < -0.4 is 21.1 Å². The number of nitrogen functional groups attached to an aromatic ring is 1. The van der Waals surface area contributed by atoms with Crippen molar-refractivity contribution in [1.82, 2.24) is 14.9 Å². The van der Waals surface area contributed by atoms with Crippen LogP contribution in [0.5, 0.6) is 5.75 Å². The average Bonchev–Trinajstić information content (AvgIpc) is 3.77. The van der Waals surface area contributed by atoms with Crippen LogP contribution in [-0.4, -0.2) is 41.2 Å². The Hall–Kier alpha value is -5.31. The molecule has 2 amide bonds. The molecule has 0 aliphatic heterocycles.